The number of pyridine rings is 1. The number of aromatic amines is 1. The van der Waals surface area contributed by atoms with Crippen molar-refractivity contribution < 1.29 is 0 Å². The fourth-order valence-electron chi connectivity index (χ4n) is 2.09. The van der Waals surface area contributed by atoms with Crippen molar-refractivity contribution in [1.29, 1.82) is 0 Å². The third-order valence-electron chi connectivity index (χ3n) is 3.27. The van der Waals surface area contributed by atoms with Gasteiger partial charge in [0, 0.05) is 18.4 Å². The number of hydrogen-bond donors (Lipinski definition) is 3. The van der Waals surface area contributed by atoms with E-state index in [0.717, 1.165) is 16.9 Å². The van der Waals surface area contributed by atoms with Gasteiger partial charge in [-0.2, -0.15) is 0 Å². The molecule has 0 aliphatic heterocycles. The van der Waals surface area contributed by atoms with Gasteiger partial charge in [0.15, 0.2) is 0 Å². The van der Waals surface area contributed by atoms with E-state index in [-0.39, 0.29) is 5.56 Å². The maximum Gasteiger partial charge on any atom is 0.258 e. The lowest BCUT2D eigenvalue weighted by atomic mass is 10.2. The van der Waals surface area contributed by atoms with Crippen LogP contribution in [0, 0.1) is 6.92 Å². The Labute approximate surface area is 121 Å². The van der Waals surface area contributed by atoms with E-state index in [1.165, 1.54) is 6.33 Å². The van der Waals surface area contributed by atoms with Gasteiger partial charge in [0.05, 0.1) is 28.6 Å². The van der Waals surface area contributed by atoms with Crippen LogP contribution in [0.25, 0.3) is 10.9 Å². The Morgan fingerprint density at radius 1 is 1.29 bits per heavy atom. The molecule has 0 unspecified atom stereocenters. The molecule has 0 fully saturated rings. The lowest BCUT2D eigenvalue weighted by Crippen LogP contribution is -2.09. The molecule has 3 aromatic rings. The van der Waals surface area contributed by atoms with E-state index < -0.39 is 0 Å². The number of aromatic nitrogens is 3. The average molecular weight is 281 g/mol. The molecule has 1 aromatic carbocycles. The fourth-order valence-corrected chi connectivity index (χ4v) is 2.09. The molecule has 0 bridgehead atoms. The first-order valence-electron chi connectivity index (χ1n) is 6.56. The van der Waals surface area contributed by atoms with Gasteiger partial charge in [-0.05, 0) is 30.7 Å². The van der Waals surface area contributed by atoms with E-state index in [4.69, 9.17) is 5.73 Å². The van der Waals surface area contributed by atoms with E-state index in [0.29, 0.717) is 23.1 Å². The van der Waals surface area contributed by atoms with Gasteiger partial charge in [-0.15, -0.1) is 0 Å². The molecule has 0 spiro atoms. The molecule has 2 aromatic heterocycles. The molecule has 0 aliphatic rings. The molecule has 0 amide bonds. The van der Waals surface area contributed by atoms with Crippen LogP contribution < -0.4 is 16.6 Å². The lowest BCUT2D eigenvalue weighted by Gasteiger charge is -2.10. The number of rotatable bonds is 3. The monoisotopic (exact) mass is 281 g/mol. The third kappa shape index (κ3) is 2.69. The first-order valence-corrected chi connectivity index (χ1v) is 6.56. The average Bonchev–Trinajstić information content (AvgIpc) is 2.48. The van der Waals surface area contributed by atoms with Crippen LogP contribution in [0.5, 0.6) is 0 Å². The van der Waals surface area contributed by atoms with E-state index in [2.05, 4.69) is 20.3 Å². The van der Waals surface area contributed by atoms with Crippen LogP contribution in [0.1, 0.15) is 11.3 Å². The first kappa shape index (κ1) is 13.1. The topological polar surface area (TPSA) is 96.7 Å². The van der Waals surface area contributed by atoms with Crippen molar-refractivity contribution in [2.75, 3.05) is 11.1 Å². The smallest absolute Gasteiger partial charge is 0.258 e. The Hall–Kier alpha value is -2.89. The van der Waals surface area contributed by atoms with Crippen LogP contribution in [0.15, 0.2) is 41.6 Å². The summed E-state index contributed by atoms with van der Waals surface area (Å²) in [6.07, 6.45) is 3.21. The molecular weight excluding hydrogens is 266 g/mol. The summed E-state index contributed by atoms with van der Waals surface area (Å²) in [7, 11) is 0. The highest BCUT2D eigenvalue weighted by molar-refractivity contribution is 5.88. The minimum Gasteiger partial charge on any atom is -0.397 e. The van der Waals surface area contributed by atoms with Crippen molar-refractivity contribution in [2.24, 2.45) is 0 Å². The second-order valence-electron chi connectivity index (χ2n) is 4.85. The zero-order valence-electron chi connectivity index (χ0n) is 11.6. The van der Waals surface area contributed by atoms with Crippen molar-refractivity contribution in [3.63, 3.8) is 0 Å². The number of benzene rings is 1. The van der Waals surface area contributed by atoms with Crippen molar-refractivity contribution in [2.45, 2.75) is 13.5 Å². The number of anilines is 2. The van der Waals surface area contributed by atoms with E-state index in [1.54, 1.807) is 12.1 Å². The summed E-state index contributed by atoms with van der Waals surface area (Å²) in [6.45, 7) is 2.55. The maximum absolute atomic E-state index is 11.7. The molecule has 21 heavy (non-hydrogen) atoms. The molecule has 106 valence electrons. The summed E-state index contributed by atoms with van der Waals surface area (Å²) in [5.74, 6) is 0. The van der Waals surface area contributed by atoms with Crippen LogP contribution in [-0.2, 0) is 6.54 Å². The maximum atomic E-state index is 11.7. The predicted molar refractivity (Wildman–Crippen MR) is 83.1 cm³/mol. The number of fused-ring (bicyclic) bond motifs is 1. The van der Waals surface area contributed by atoms with Crippen molar-refractivity contribution in [1.82, 2.24) is 15.0 Å². The summed E-state index contributed by atoms with van der Waals surface area (Å²) in [6, 6.07) is 7.38. The van der Waals surface area contributed by atoms with Gasteiger partial charge in [0.2, 0.25) is 0 Å². The molecule has 2 heterocycles. The van der Waals surface area contributed by atoms with Gasteiger partial charge in [-0.25, -0.2) is 4.98 Å². The number of aryl methyl sites for hydroxylation is 1. The van der Waals surface area contributed by atoms with E-state index in [9.17, 15) is 4.79 Å². The molecule has 6 nitrogen and oxygen atoms in total. The van der Waals surface area contributed by atoms with Crippen LogP contribution in [0.3, 0.4) is 0 Å². The van der Waals surface area contributed by atoms with Crippen LogP contribution in [-0.4, -0.2) is 15.0 Å². The second-order valence-corrected chi connectivity index (χ2v) is 4.85. The minimum absolute atomic E-state index is 0.194. The summed E-state index contributed by atoms with van der Waals surface area (Å²) in [4.78, 5) is 22.6. The molecule has 0 aliphatic carbocycles. The molecule has 3 rings (SSSR count). The summed E-state index contributed by atoms with van der Waals surface area (Å²) >= 11 is 0. The van der Waals surface area contributed by atoms with Gasteiger partial charge in [-0.3, -0.25) is 9.78 Å². The Kier molecular flexibility index (Phi) is 3.27. The van der Waals surface area contributed by atoms with Crippen molar-refractivity contribution in [3.05, 3.63) is 58.4 Å². The lowest BCUT2D eigenvalue weighted by molar-refractivity contribution is 1.09. The zero-order valence-corrected chi connectivity index (χ0v) is 11.6. The van der Waals surface area contributed by atoms with Crippen molar-refractivity contribution in [3.8, 4) is 0 Å². The van der Waals surface area contributed by atoms with E-state index >= 15 is 0 Å². The molecule has 0 saturated carbocycles. The summed E-state index contributed by atoms with van der Waals surface area (Å²) < 4.78 is 0. The number of nitrogens with zero attached hydrogens (tertiary/aromatic N) is 2. The largest absolute Gasteiger partial charge is 0.397 e. The third-order valence-corrected chi connectivity index (χ3v) is 3.27. The summed E-state index contributed by atoms with van der Waals surface area (Å²) in [5.41, 5.74) is 9.70. The fraction of sp³-hybridized carbons (Fsp3) is 0.133. The van der Waals surface area contributed by atoms with Crippen LogP contribution >= 0.6 is 0 Å². The van der Waals surface area contributed by atoms with Crippen LogP contribution in [0.2, 0.25) is 0 Å². The van der Waals surface area contributed by atoms with Gasteiger partial charge >= 0.3 is 0 Å². The highest BCUT2D eigenvalue weighted by atomic mass is 16.1. The SMILES string of the molecule is Cc1ccc(CNc2cc3nc[nH]c(=O)c3cc2N)cn1. The molecule has 0 atom stereocenters. The highest BCUT2D eigenvalue weighted by Gasteiger charge is 2.06. The number of nitrogen functional groups attached to an aromatic ring is 1. The Morgan fingerprint density at radius 2 is 2.14 bits per heavy atom. The van der Waals surface area contributed by atoms with E-state index in [1.807, 2.05) is 25.3 Å². The second kappa shape index (κ2) is 5.24. The summed E-state index contributed by atoms with van der Waals surface area (Å²) in [5, 5.41) is 3.73. The molecule has 4 N–H and O–H groups in total. The zero-order chi connectivity index (χ0) is 14.8. The number of hydrogen-bond acceptors (Lipinski definition) is 5. The standard InChI is InChI=1S/C15H15N5O/c1-9-2-3-10(6-17-9)7-18-14-5-13-11(4-12(14)16)15(21)20-8-19-13/h2-6,8,18H,7,16H2,1H3,(H,19,20,21). The van der Waals surface area contributed by atoms with Crippen LogP contribution in [0.4, 0.5) is 11.4 Å². The Bertz CT molecular complexity index is 839. The molecule has 0 radical (unpaired) electrons. The first-order chi connectivity index (χ1) is 10.1. The quantitative estimate of drug-likeness (QED) is 0.636. The predicted octanol–water partition coefficient (Wildman–Crippen LogP) is 1.82. The number of nitrogens with two attached hydrogens (primary N) is 1. The Balaban J connectivity index is 1.88. The Morgan fingerprint density at radius 3 is 2.90 bits per heavy atom. The number of H-pyrrole nitrogens is 1. The minimum atomic E-state index is -0.194. The van der Waals surface area contributed by atoms with Gasteiger partial charge in [0.1, 0.15) is 0 Å². The van der Waals surface area contributed by atoms with Gasteiger partial charge in [0.25, 0.3) is 5.56 Å². The van der Waals surface area contributed by atoms with Gasteiger partial charge in [-0.1, -0.05) is 6.07 Å². The normalized spacial score (nSPS) is 10.7. The van der Waals surface area contributed by atoms with Crippen molar-refractivity contribution >= 4 is 22.3 Å². The molecular formula is C15H15N5O. The molecule has 6 heteroatoms. The molecule has 0 saturated heterocycles. The number of nitrogens with one attached hydrogen (secondary N) is 2. The highest BCUT2D eigenvalue weighted by Crippen LogP contribution is 2.23. The van der Waals surface area contributed by atoms with Gasteiger partial charge < -0.3 is 16.0 Å².